The second-order valence-electron chi connectivity index (χ2n) is 14.9. The summed E-state index contributed by atoms with van der Waals surface area (Å²) in [6.45, 7) is 7.49. The van der Waals surface area contributed by atoms with Gasteiger partial charge in [-0.15, -0.1) is 0 Å². The predicted molar refractivity (Wildman–Crippen MR) is 243 cm³/mol. The fourth-order valence-electron chi connectivity index (χ4n) is 5.57. The Kier molecular flexibility index (Phi) is 21.7. The van der Waals surface area contributed by atoms with Crippen LogP contribution in [0.15, 0.2) is 85.0 Å². The van der Waals surface area contributed by atoms with Crippen molar-refractivity contribution in [3.63, 3.8) is 0 Å². The minimum atomic E-state index is -3.63. The van der Waals surface area contributed by atoms with E-state index in [-0.39, 0.29) is 74.3 Å². The number of aliphatic hydroxyl groups is 2. The van der Waals surface area contributed by atoms with Gasteiger partial charge in [-0.1, -0.05) is 64.2 Å². The molecule has 65 heavy (non-hydrogen) atoms. The van der Waals surface area contributed by atoms with Gasteiger partial charge < -0.3 is 30.0 Å². The normalized spacial score (nSPS) is 13.0. The van der Waals surface area contributed by atoms with Crippen LogP contribution in [0.25, 0.3) is 34.7 Å². The van der Waals surface area contributed by atoms with Crippen LogP contribution in [0, 0.1) is 11.6 Å². The first-order valence-corrected chi connectivity index (χ1v) is 23.2. The number of carbonyl (C=O) groups is 2. The van der Waals surface area contributed by atoms with Gasteiger partial charge >= 0.3 is 37.7 Å². The van der Waals surface area contributed by atoms with Crippen molar-refractivity contribution >= 4 is 93.8 Å². The molecule has 2 aromatic heterocycles. The quantitative estimate of drug-likeness (QED) is 0.107. The number of benzene rings is 2. The number of carboxylic acids is 2. The van der Waals surface area contributed by atoms with E-state index in [2.05, 4.69) is 19.9 Å². The molecule has 344 valence electrons. The third-order valence-corrected chi connectivity index (χ3v) is 11.4. The summed E-state index contributed by atoms with van der Waals surface area (Å²) in [6.07, 6.45) is 10.5. The molecule has 0 radical (unpaired) electrons. The molecule has 0 saturated heterocycles. The summed E-state index contributed by atoms with van der Waals surface area (Å²) in [7, 11) is -4.58. The Labute approximate surface area is 407 Å². The summed E-state index contributed by atoms with van der Waals surface area (Å²) in [4.78, 5) is 38.7. The topological polar surface area (TPSA) is 247 Å². The van der Waals surface area contributed by atoms with Gasteiger partial charge in [0, 0.05) is 36.3 Å². The largest absolute Gasteiger partial charge is 2.00 e. The molecule has 0 amide bonds. The molecule has 21 heteroatoms. The van der Waals surface area contributed by atoms with Gasteiger partial charge in [-0.2, -0.15) is 0 Å². The third-order valence-electron chi connectivity index (χ3n) is 9.05. The van der Waals surface area contributed by atoms with Crippen molar-refractivity contribution in [2.45, 2.75) is 64.6 Å². The van der Waals surface area contributed by atoms with Gasteiger partial charge in [0.25, 0.3) is 0 Å². The number of rotatable bonds is 18. The zero-order valence-corrected chi connectivity index (χ0v) is 40.9. The monoisotopic (exact) mass is 964 g/mol. The molecule has 16 nitrogen and oxygen atoms in total. The Morgan fingerprint density at radius 2 is 0.938 bits per heavy atom. The Morgan fingerprint density at radius 1 is 0.631 bits per heavy atom. The van der Waals surface area contributed by atoms with E-state index in [1.807, 2.05) is 27.7 Å². The summed E-state index contributed by atoms with van der Waals surface area (Å²) in [6, 6.07) is 11.1. The van der Waals surface area contributed by atoms with Crippen LogP contribution in [0.5, 0.6) is 0 Å². The van der Waals surface area contributed by atoms with Gasteiger partial charge in [-0.05, 0) is 85.4 Å². The van der Waals surface area contributed by atoms with Crippen LogP contribution < -0.4 is 18.8 Å². The molecular weight excluding hydrogens is 915 g/mol. The summed E-state index contributed by atoms with van der Waals surface area (Å²) in [5, 5.41) is 41.3. The molecule has 4 rings (SSSR count). The number of sulfonamides is 2. The van der Waals surface area contributed by atoms with Crippen LogP contribution in [0.1, 0.15) is 74.9 Å². The molecule has 2 N–H and O–H groups in total. The molecule has 0 bridgehead atoms. The Hall–Kier alpha value is -4.96. The smallest absolute Gasteiger partial charge is 0.545 e. The van der Waals surface area contributed by atoms with Crippen molar-refractivity contribution in [2.24, 2.45) is 0 Å². The molecule has 0 spiro atoms. The standard InChI is InChI=1S/2C22H26FN3O5S.Ca/c2*1-14(2)20-18(13-12-17(27)6-5-7-19(28)29)21(15-8-10-16(23)11-9-15)25-22(24-20)26(3)32(4,30)31;/h2*5,7-14,17,27H,6H2,1-4H3,(H,28,29);/q;;+2/p-2/b2*7-5+,13-12+;/t2*17-;/m00./s1. The average Bonchev–Trinajstić information content (AvgIpc) is 3.20. The van der Waals surface area contributed by atoms with Crippen molar-refractivity contribution in [3.05, 3.63) is 119 Å². The number of hydrogen-bond acceptors (Lipinski definition) is 14. The van der Waals surface area contributed by atoms with Gasteiger partial charge in [-0.25, -0.2) is 54.2 Å². The van der Waals surface area contributed by atoms with Gasteiger partial charge in [0.15, 0.2) is 0 Å². The number of hydrogen-bond donors (Lipinski definition) is 2. The number of halogens is 2. The van der Waals surface area contributed by atoms with E-state index in [0.29, 0.717) is 45.0 Å². The van der Waals surface area contributed by atoms with Crippen molar-refractivity contribution in [1.82, 2.24) is 19.9 Å². The number of carboxylic acid groups (broad SMARTS) is 2. The number of aliphatic hydroxyl groups excluding tert-OH is 2. The van der Waals surface area contributed by atoms with E-state index in [1.165, 1.54) is 86.9 Å². The fourth-order valence-corrected chi connectivity index (χ4v) is 6.33. The molecular formula is C44H50CaF2N6O10S2. The van der Waals surface area contributed by atoms with E-state index in [4.69, 9.17) is 0 Å². The predicted octanol–water partition coefficient (Wildman–Crippen LogP) is 3.36. The number of nitrogens with zero attached hydrogens (tertiary/aromatic N) is 6. The summed E-state index contributed by atoms with van der Waals surface area (Å²) < 4.78 is 77.1. The second-order valence-corrected chi connectivity index (χ2v) is 18.9. The van der Waals surface area contributed by atoms with E-state index in [0.717, 1.165) is 33.3 Å². The maximum Gasteiger partial charge on any atom is 2.00 e. The van der Waals surface area contributed by atoms with E-state index in [1.54, 1.807) is 12.2 Å². The molecule has 0 aliphatic rings. The van der Waals surface area contributed by atoms with Crippen molar-refractivity contribution in [1.29, 1.82) is 0 Å². The minimum Gasteiger partial charge on any atom is -0.545 e. The molecule has 0 aliphatic heterocycles. The first-order chi connectivity index (χ1) is 29.8. The fraction of sp³-hybridized carbons (Fsp3) is 0.318. The minimum absolute atomic E-state index is 0. The number of anilines is 2. The van der Waals surface area contributed by atoms with E-state index < -0.39 is 55.8 Å². The first-order valence-electron chi connectivity index (χ1n) is 19.5. The Bertz CT molecular complexity index is 2450. The molecule has 0 aliphatic carbocycles. The summed E-state index contributed by atoms with van der Waals surface area (Å²) in [5.41, 5.74) is 3.90. The van der Waals surface area contributed by atoms with Gasteiger partial charge in [0.1, 0.15) is 11.6 Å². The van der Waals surface area contributed by atoms with Crippen LogP contribution in [0.3, 0.4) is 0 Å². The van der Waals surface area contributed by atoms with Crippen LogP contribution in [0.4, 0.5) is 20.7 Å². The molecule has 4 aromatic rings. The SMILES string of the molecule is CC(C)c1nc(N(C)S(C)(=O)=O)nc(-c2ccc(F)cc2)c1/C=C/[C@@H](O)C/C=C/C(=O)[O-].CC(C)c1nc(N(C)S(C)(=O)=O)nc(-c2ccc(F)cc2)c1/C=C/[C@@H](O)C/C=C/C(=O)[O-].[Ca+2]. The molecule has 2 aromatic carbocycles. The molecule has 0 saturated carbocycles. The first kappa shape index (κ1) is 56.2. The average molecular weight is 965 g/mol. The van der Waals surface area contributed by atoms with Crippen LogP contribution >= 0.6 is 0 Å². The van der Waals surface area contributed by atoms with Crippen molar-refractivity contribution in [2.75, 3.05) is 35.2 Å². The summed E-state index contributed by atoms with van der Waals surface area (Å²) in [5.74, 6) is -3.95. The molecule has 0 fully saturated rings. The van der Waals surface area contributed by atoms with Gasteiger partial charge in [-0.3, -0.25) is 0 Å². The van der Waals surface area contributed by atoms with E-state index >= 15 is 0 Å². The zero-order valence-electron chi connectivity index (χ0n) is 37.1. The molecule has 0 unspecified atom stereocenters. The second kappa shape index (κ2) is 25.1. The number of carbonyl (C=O) groups excluding carboxylic acids is 2. The van der Waals surface area contributed by atoms with Gasteiger partial charge in [0.2, 0.25) is 31.9 Å². The molecule has 2 heterocycles. The maximum absolute atomic E-state index is 13.5. The van der Waals surface area contributed by atoms with Crippen LogP contribution in [-0.4, -0.2) is 135 Å². The molecule has 2 atom stereocenters. The third kappa shape index (κ3) is 17.4. The number of aromatic nitrogens is 4. The maximum atomic E-state index is 13.5. The van der Waals surface area contributed by atoms with Crippen LogP contribution in [-0.2, 0) is 29.6 Å². The Balaban J connectivity index is 0.000000440. The zero-order chi connectivity index (χ0) is 48.1. The summed E-state index contributed by atoms with van der Waals surface area (Å²) >= 11 is 0. The number of aliphatic carboxylic acids is 2. The van der Waals surface area contributed by atoms with E-state index in [9.17, 15) is 55.6 Å². The van der Waals surface area contributed by atoms with Gasteiger partial charge in [0.05, 0.1) is 59.4 Å². The van der Waals surface area contributed by atoms with Crippen LogP contribution in [0.2, 0.25) is 0 Å². The Morgan fingerprint density at radius 3 is 1.20 bits per heavy atom. The van der Waals surface area contributed by atoms with Crippen molar-refractivity contribution < 1.29 is 55.6 Å². The van der Waals surface area contributed by atoms with Crippen molar-refractivity contribution in [3.8, 4) is 22.5 Å².